The van der Waals surface area contributed by atoms with Crippen molar-refractivity contribution in [3.05, 3.63) is 47.0 Å². The second-order valence-corrected chi connectivity index (χ2v) is 4.66. The lowest BCUT2D eigenvalue weighted by molar-refractivity contribution is -0.137. The van der Waals surface area contributed by atoms with E-state index in [1.807, 2.05) is 6.08 Å². The molecule has 1 nitrogen and oxygen atoms in total. The molecule has 0 bridgehead atoms. The Balaban J connectivity index is 2.07. The van der Waals surface area contributed by atoms with Gasteiger partial charge in [0.1, 0.15) is 0 Å². The molecule has 2 rings (SSSR count). The average molecular weight is 256 g/mol. The van der Waals surface area contributed by atoms with E-state index in [4.69, 9.17) is 0 Å². The lowest BCUT2D eigenvalue weighted by Gasteiger charge is -2.17. The number of alkyl halides is 3. The highest BCUT2D eigenvalue weighted by Crippen LogP contribution is 2.29. The Labute approximate surface area is 104 Å². The van der Waals surface area contributed by atoms with Crippen LogP contribution < -0.4 is 0 Å². The fourth-order valence-corrected chi connectivity index (χ4v) is 2.20. The molecular weight excluding hydrogens is 241 g/mol. The Morgan fingerprint density at radius 3 is 2.39 bits per heavy atom. The van der Waals surface area contributed by atoms with Crippen LogP contribution in [0.4, 0.5) is 13.2 Å². The number of hydrogen-bond acceptors (Lipinski definition) is 1. The molecular formula is C14H15F3O. The van der Waals surface area contributed by atoms with Crippen LogP contribution in [0.15, 0.2) is 35.9 Å². The summed E-state index contributed by atoms with van der Waals surface area (Å²) in [4.78, 5) is 0. The predicted octanol–water partition coefficient (Wildman–Crippen LogP) is 3.72. The molecule has 1 aliphatic rings. The minimum absolute atomic E-state index is 0.400. The Hall–Kier alpha value is -1.29. The predicted molar refractivity (Wildman–Crippen MR) is 63.1 cm³/mol. The molecule has 0 saturated heterocycles. The molecule has 0 aliphatic heterocycles. The van der Waals surface area contributed by atoms with Crippen molar-refractivity contribution >= 4 is 0 Å². The summed E-state index contributed by atoms with van der Waals surface area (Å²) >= 11 is 0. The second kappa shape index (κ2) is 5.14. The number of aliphatic hydroxyl groups excluding tert-OH is 1. The van der Waals surface area contributed by atoms with E-state index < -0.39 is 17.8 Å². The second-order valence-electron chi connectivity index (χ2n) is 4.66. The number of rotatable bonds is 2. The maximum absolute atomic E-state index is 12.4. The van der Waals surface area contributed by atoms with Crippen molar-refractivity contribution in [3.8, 4) is 0 Å². The molecule has 18 heavy (non-hydrogen) atoms. The Bertz CT molecular complexity index is 431. The smallest absolute Gasteiger partial charge is 0.389 e. The van der Waals surface area contributed by atoms with Crippen molar-refractivity contribution in [2.24, 2.45) is 0 Å². The molecule has 1 aromatic carbocycles. The highest BCUT2D eigenvalue weighted by Gasteiger charge is 2.29. The van der Waals surface area contributed by atoms with Crippen LogP contribution >= 0.6 is 0 Å². The third-order valence-corrected chi connectivity index (χ3v) is 3.14. The maximum Gasteiger partial charge on any atom is 0.416 e. The quantitative estimate of drug-likeness (QED) is 0.799. The summed E-state index contributed by atoms with van der Waals surface area (Å²) in [5.74, 6) is 0. The molecule has 0 saturated carbocycles. The zero-order valence-electron chi connectivity index (χ0n) is 9.87. The van der Waals surface area contributed by atoms with Crippen LogP contribution in [-0.4, -0.2) is 11.2 Å². The van der Waals surface area contributed by atoms with E-state index in [-0.39, 0.29) is 0 Å². The fraction of sp³-hybridized carbons (Fsp3) is 0.429. The van der Waals surface area contributed by atoms with Crippen LogP contribution in [-0.2, 0) is 12.6 Å². The van der Waals surface area contributed by atoms with Gasteiger partial charge in [-0.1, -0.05) is 23.8 Å². The average Bonchev–Trinajstić information content (AvgIpc) is 2.28. The van der Waals surface area contributed by atoms with Crippen molar-refractivity contribution in [2.75, 3.05) is 0 Å². The Morgan fingerprint density at radius 1 is 1.17 bits per heavy atom. The van der Waals surface area contributed by atoms with E-state index >= 15 is 0 Å². The summed E-state index contributed by atoms with van der Waals surface area (Å²) in [6.45, 7) is 0. The van der Waals surface area contributed by atoms with Gasteiger partial charge in [0.2, 0.25) is 0 Å². The van der Waals surface area contributed by atoms with E-state index in [2.05, 4.69) is 0 Å². The molecule has 4 heteroatoms. The minimum atomic E-state index is -4.28. The summed E-state index contributed by atoms with van der Waals surface area (Å²) in [6, 6.07) is 5.22. The first-order chi connectivity index (χ1) is 8.45. The van der Waals surface area contributed by atoms with Crippen molar-refractivity contribution in [1.82, 2.24) is 0 Å². The molecule has 1 aromatic rings. The largest absolute Gasteiger partial charge is 0.416 e. The van der Waals surface area contributed by atoms with Gasteiger partial charge in [-0.3, -0.25) is 0 Å². The molecule has 1 atom stereocenters. The molecule has 0 radical (unpaired) electrons. The van der Waals surface area contributed by atoms with Crippen molar-refractivity contribution < 1.29 is 18.3 Å². The highest BCUT2D eigenvalue weighted by molar-refractivity contribution is 5.28. The van der Waals surface area contributed by atoms with Crippen molar-refractivity contribution in [3.63, 3.8) is 0 Å². The third kappa shape index (κ3) is 3.35. The third-order valence-electron chi connectivity index (χ3n) is 3.14. The first-order valence-corrected chi connectivity index (χ1v) is 5.99. The van der Waals surface area contributed by atoms with E-state index in [0.717, 1.165) is 42.5 Å². The standard InChI is InChI=1S/C14H15F3O/c15-14(16,17)12-6-4-10(5-7-12)8-11-2-1-3-13(18)9-11/h4-7,9,13,18H,1-3,8H2. The number of hydrogen-bond donors (Lipinski definition) is 1. The SMILES string of the molecule is OC1C=C(Cc2ccc(C(F)(F)F)cc2)CCC1. The van der Waals surface area contributed by atoms with Crippen molar-refractivity contribution in [2.45, 2.75) is 38.0 Å². The topological polar surface area (TPSA) is 20.2 Å². The Morgan fingerprint density at radius 2 is 1.83 bits per heavy atom. The molecule has 0 amide bonds. The van der Waals surface area contributed by atoms with E-state index in [0.29, 0.717) is 6.42 Å². The zero-order valence-corrected chi connectivity index (χ0v) is 9.87. The molecule has 1 N–H and O–H groups in total. The summed E-state index contributed by atoms with van der Waals surface area (Å²) in [5.41, 5.74) is 1.33. The minimum Gasteiger partial charge on any atom is -0.389 e. The molecule has 1 aliphatic carbocycles. The highest BCUT2D eigenvalue weighted by atomic mass is 19.4. The first kappa shape index (κ1) is 13.1. The van der Waals surface area contributed by atoms with Crippen molar-refractivity contribution in [1.29, 1.82) is 0 Å². The zero-order chi connectivity index (χ0) is 13.2. The van der Waals surface area contributed by atoms with Gasteiger partial charge < -0.3 is 5.11 Å². The fourth-order valence-electron chi connectivity index (χ4n) is 2.20. The monoisotopic (exact) mass is 256 g/mol. The molecule has 0 spiro atoms. The van der Waals surface area contributed by atoms with Gasteiger partial charge in [-0.15, -0.1) is 0 Å². The van der Waals surface area contributed by atoms with Crippen LogP contribution in [0.2, 0.25) is 0 Å². The molecule has 1 unspecified atom stereocenters. The van der Waals surface area contributed by atoms with Gasteiger partial charge in [0.05, 0.1) is 11.7 Å². The van der Waals surface area contributed by atoms with Gasteiger partial charge in [0.25, 0.3) is 0 Å². The Kier molecular flexibility index (Phi) is 3.76. The van der Waals surface area contributed by atoms with Crippen LogP contribution in [0.25, 0.3) is 0 Å². The van der Waals surface area contributed by atoms with E-state index in [1.54, 1.807) is 0 Å². The normalized spacial score (nSPS) is 20.7. The van der Waals surface area contributed by atoms with E-state index in [9.17, 15) is 18.3 Å². The molecule has 0 heterocycles. The summed E-state index contributed by atoms with van der Waals surface area (Å²) in [6.07, 6.45) is 0.389. The number of aliphatic hydroxyl groups is 1. The lowest BCUT2D eigenvalue weighted by Crippen LogP contribution is -2.10. The van der Waals surface area contributed by atoms with Crippen LogP contribution in [0.1, 0.15) is 30.4 Å². The van der Waals surface area contributed by atoms with Gasteiger partial charge in [-0.2, -0.15) is 13.2 Å². The van der Waals surface area contributed by atoms with Gasteiger partial charge in [-0.25, -0.2) is 0 Å². The number of benzene rings is 1. The summed E-state index contributed by atoms with van der Waals surface area (Å²) < 4.78 is 37.2. The molecule has 0 fully saturated rings. The van der Waals surface area contributed by atoms with E-state index in [1.165, 1.54) is 12.1 Å². The molecule has 98 valence electrons. The van der Waals surface area contributed by atoms with Crippen LogP contribution in [0, 0.1) is 0 Å². The van der Waals surface area contributed by atoms with Gasteiger partial charge >= 0.3 is 6.18 Å². The summed E-state index contributed by atoms with van der Waals surface area (Å²) in [7, 11) is 0. The first-order valence-electron chi connectivity index (χ1n) is 5.99. The van der Waals surface area contributed by atoms with Crippen LogP contribution in [0.3, 0.4) is 0 Å². The lowest BCUT2D eigenvalue weighted by atomic mass is 9.92. The van der Waals surface area contributed by atoms with Gasteiger partial charge in [0.15, 0.2) is 0 Å². The number of halogens is 3. The maximum atomic E-state index is 12.4. The van der Waals surface area contributed by atoms with Gasteiger partial charge in [0, 0.05) is 0 Å². The number of allylic oxidation sites excluding steroid dienone is 1. The van der Waals surface area contributed by atoms with Gasteiger partial charge in [-0.05, 0) is 43.4 Å². The van der Waals surface area contributed by atoms with Crippen LogP contribution in [0.5, 0.6) is 0 Å². The molecule has 0 aromatic heterocycles. The summed E-state index contributed by atoms with van der Waals surface area (Å²) in [5, 5.41) is 9.48.